The minimum atomic E-state index is -1.57. The fourth-order valence-electron chi connectivity index (χ4n) is 1.88. The number of nitrogens with zero attached hydrogens (tertiary/aromatic N) is 1. The van der Waals surface area contributed by atoms with Crippen molar-refractivity contribution in [3.8, 4) is 11.5 Å². The lowest BCUT2D eigenvalue weighted by Crippen LogP contribution is -1.93. The molecule has 1 aromatic heterocycles. The maximum atomic E-state index is 13.7. The van der Waals surface area contributed by atoms with Crippen LogP contribution in [0.15, 0.2) is 34.7 Å². The van der Waals surface area contributed by atoms with Crippen molar-refractivity contribution in [3.05, 3.63) is 53.3 Å². The Morgan fingerprint density at radius 2 is 1.85 bits per heavy atom. The summed E-state index contributed by atoms with van der Waals surface area (Å²) in [5.74, 6) is -4.34. The molecule has 0 aliphatic rings. The van der Waals surface area contributed by atoms with Crippen LogP contribution in [0, 0.1) is 17.5 Å². The summed E-state index contributed by atoms with van der Waals surface area (Å²) in [7, 11) is 0. The highest BCUT2D eigenvalue weighted by Gasteiger charge is 2.18. The van der Waals surface area contributed by atoms with Gasteiger partial charge in [0.2, 0.25) is 5.89 Å². The van der Waals surface area contributed by atoms with Gasteiger partial charge in [0.15, 0.2) is 23.0 Å². The van der Waals surface area contributed by atoms with Gasteiger partial charge in [-0.05, 0) is 29.8 Å². The number of aliphatic hydroxyl groups excluding tert-OH is 1. The lowest BCUT2D eigenvalue weighted by Gasteiger charge is -1.99. The van der Waals surface area contributed by atoms with E-state index in [2.05, 4.69) is 4.98 Å². The fourth-order valence-corrected chi connectivity index (χ4v) is 1.88. The Morgan fingerprint density at radius 3 is 2.60 bits per heavy atom. The van der Waals surface area contributed by atoms with Crippen LogP contribution in [-0.4, -0.2) is 10.1 Å². The van der Waals surface area contributed by atoms with Gasteiger partial charge in [-0.3, -0.25) is 0 Å². The van der Waals surface area contributed by atoms with Crippen LogP contribution in [0.3, 0.4) is 0 Å². The Hall–Kier alpha value is -2.34. The van der Waals surface area contributed by atoms with Crippen LogP contribution in [0.25, 0.3) is 22.6 Å². The number of oxazole rings is 1. The van der Waals surface area contributed by atoms with E-state index in [0.717, 1.165) is 12.1 Å². The third-order valence-corrected chi connectivity index (χ3v) is 2.90. The van der Waals surface area contributed by atoms with Crippen molar-refractivity contribution in [2.75, 3.05) is 0 Å². The van der Waals surface area contributed by atoms with Gasteiger partial charge in [0.1, 0.15) is 5.52 Å². The largest absolute Gasteiger partial charge is 0.436 e. The van der Waals surface area contributed by atoms with Gasteiger partial charge < -0.3 is 9.52 Å². The summed E-state index contributed by atoms with van der Waals surface area (Å²) in [5.41, 5.74) is 1.12. The lowest BCUT2D eigenvalue weighted by atomic mass is 10.2. The third-order valence-electron chi connectivity index (χ3n) is 2.90. The Morgan fingerprint density at radius 1 is 1.05 bits per heavy atom. The van der Waals surface area contributed by atoms with Crippen LogP contribution < -0.4 is 0 Å². The average molecular weight is 279 g/mol. The minimum Gasteiger partial charge on any atom is -0.436 e. The van der Waals surface area contributed by atoms with Crippen LogP contribution in [0.1, 0.15) is 5.56 Å². The van der Waals surface area contributed by atoms with Crippen LogP contribution >= 0.6 is 0 Å². The van der Waals surface area contributed by atoms with Gasteiger partial charge in [-0.1, -0.05) is 6.07 Å². The normalized spacial score (nSPS) is 11.2. The smallest absolute Gasteiger partial charge is 0.230 e. The quantitative estimate of drug-likeness (QED) is 0.731. The summed E-state index contributed by atoms with van der Waals surface area (Å²) in [6.45, 7) is -0.169. The molecule has 0 fully saturated rings. The van der Waals surface area contributed by atoms with E-state index >= 15 is 0 Å². The fraction of sp³-hybridized carbons (Fsp3) is 0.0714. The first-order chi connectivity index (χ1) is 9.60. The number of benzene rings is 2. The molecule has 0 saturated heterocycles. The number of hydrogen-bond donors (Lipinski definition) is 1. The minimum absolute atomic E-state index is 0.147. The molecule has 2 aromatic carbocycles. The van der Waals surface area contributed by atoms with Crippen molar-refractivity contribution in [3.63, 3.8) is 0 Å². The zero-order valence-corrected chi connectivity index (χ0v) is 10.0. The van der Waals surface area contributed by atoms with E-state index in [1.165, 1.54) is 0 Å². The molecule has 3 aromatic rings. The standard InChI is InChI=1S/C14H8F3NO2/c15-9-3-2-8(12(16)13(9)17)14-18-10-5-7(6-19)1-4-11(10)20-14/h1-5,19H,6H2. The summed E-state index contributed by atoms with van der Waals surface area (Å²) in [6.07, 6.45) is 0. The molecule has 0 atom stereocenters. The molecule has 1 N–H and O–H groups in total. The summed E-state index contributed by atoms with van der Waals surface area (Å²) < 4.78 is 45.1. The van der Waals surface area contributed by atoms with E-state index in [1.807, 2.05) is 0 Å². The maximum Gasteiger partial charge on any atom is 0.230 e. The topological polar surface area (TPSA) is 46.3 Å². The molecule has 0 amide bonds. The van der Waals surface area contributed by atoms with Gasteiger partial charge in [0, 0.05) is 0 Å². The molecule has 0 spiro atoms. The van der Waals surface area contributed by atoms with Crippen LogP contribution in [-0.2, 0) is 6.61 Å². The molecule has 0 unspecified atom stereocenters. The molecule has 1 heterocycles. The van der Waals surface area contributed by atoms with E-state index in [9.17, 15) is 13.2 Å². The summed E-state index contributed by atoms with van der Waals surface area (Å²) in [6, 6.07) is 6.63. The van der Waals surface area contributed by atoms with Gasteiger partial charge in [0.05, 0.1) is 12.2 Å². The highest BCUT2D eigenvalue weighted by molar-refractivity contribution is 5.77. The predicted molar refractivity (Wildman–Crippen MR) is 65.2 cm³/mol. The molecule has 102 valence electrons. The maximum absolute atomic E-state index is 13.7. The second-order valence-corrected chi connectivity index (χ2v) is 4.20. The molecular weight excluding hydrogens is 271 g/mol. The second-order valence-electron chi connectivity index (χ2n) is 4.20. The highest BCUT2D eigenvalue weighted by atomic mass is 19.2. The molecule has 0 aliphatic carbocycles. The zero-order chi connectivity index (χ0) is 14.3. The molecule has 0 bridgehead atoms. The van der Waals surface area contributed by atoms with E-state index in [-0.39, 0.29) is 18.1 Å². The monoisotopic (exact) mass is 279 g/mol. The Balaban J connectivity index is 2.17. The van der Waals surface area contributed by atoms with Crippen LogP contribution in [0.4, 0.5) is 13.2 Å². The molecule has 20 heavy (non-hydrogen) atoms. The first-order valence-corrected chi connectivity index (χ1v) is 5.74. The Kier molecular flexibility index (Phi) is 2.94. The van der Waals surface area contributed by atoms with Crippen LogP contribution in [0.2, 0.25) is 0 Å². The Bertz CT molecular complexity index is 798. The number of aliphatic hydroxyl groups is 1. The predicted octanol–water partition coefficient (Wildman–Crippen LogP) is 3.40. The van der Waals surface area contributed by atoms with E-state index < -0.39 is 17.5 Å². The van der Waals surface area contributed by atoms with Crippen molar-refractivity contribution in [2.24, 2.45) is 0 Å². The van der Waals surface area contributed by atoms with Crippen molar-refractivity contribution in [1.82, 2.24) is 4.98 Å². The first-order valence-electron chi connectivity index (χ1n) is 5.74. The SMILES string of the molecule is OCc1ccc2oc(-c3ccc(F)c(F)c3F)nc2c1. The third kappa shape index (κ3) is 1.94. The van der Waals surface area contributed by atoms with E-state index in [4.69, 9.17) is 9.52 Å². The average Bonchev–Trinajstić information content (AvgIpc) is 2.87. The number of aromatic nitrogens is 1. The molecule has 6 heteroatoms. The van der Waals surface area contributed by atoms with Crippen molar-refractivity contribution >= 4 is 11.1 Å². The van der Waals surface area contributed by atoms with E-state index in [0.29, 0.717) is 16.7 Å². The van der Waals surface area contributed by atoms with Crippen LogP contribution in [0.5, 0.6) is 0 Å². The van der Waals surface area contributed by atoms with Gasteiger partial charge in [-0.15, -0.1) is 0 Å². The molecule has 3 nitrogen and oxygen atoms in total. The summed E-state index contributed by atoms with van der Waals surface area (Å²) in [4.78, 5) is 4.02. The number of fused-ring (bicyclic) bond motifs is 1. The first kappa shape index (κ1) is 12.7. The zero-order valence-electron chi connectivity index (χ0n) is 10.0. The molecule has 0 saturated carbocycles. The van der Waals surface area contributed by atoms with Gasteiger partial charge in [-0.2, -0.15) is 0 Å². The van der Waals surface area contributed by atoms with Crippen molar-refractivity contribution < 1.29 is 22.7 Å². The number of hydrogen-bond acceptors (Lipinski definition) is 3. The van der Waals surface area contributed by atoms with Crippen molar-refractivity contribution in [1.29, 1.82) is 0 Å². The number of rotatable bonds is 2. The number of halogens is 3. The van der Waals surface area contributed by atoms with E-state index in [1.54, 1.807) is 18.2 Å². The van der Waals surface area contributed by atoms with Gasteiger partial charge in [0.25, 0.3) is 0 Å². The second kappa shape index (κ2) is 4.64. The molecular formula is C14H8F3NO2. The Labute approximate surface area is 111 Å². The summed E-state index contributed by atoms with van der Waals surface area (Å²) in [5, 5.41) is 9.02. The highest BCUT2D eigenvalue weighted by Crippen LogP contribution is 2.28. The van der Waals surface area contributed by atoms with Crippen molar-refractivity contribution in [2.45, 2.75) is 6.61 Å². The lowest BCUT2D eigenvalue weighted by molar-refractivity contribution is 0.282. The molecule has 3 rings (SSSR count). The molecule has 0 aliphatic heterocycles. The summed E-state index contributed by atoms with van der Waals surface area (Å²) >= 11 is 0. The van der Waals surface area contributed by atoms with Gasteiger partial charge >= 0.3 is 0 Å². The molecule has 0 radical (unpaired) electrons. The van der Waals surface area contributed by atoms with Gasteiger partial charge in [-0.25, -0.2) is 18.2 Å².